The summed E-state index contributed by atoms with van der Waals surface area (Å²) < 4.78 is 4.84. The fourth-order valence-electron chi connectivity index (χ4n) is 2.98. The number of methoxy groups -OCH3 is 1. The summed E-state index contributed by atoms with van der Waals surface area (Å²) in [5, 5.41) is 22.2. The van der Waals surface area contributed by atoms with Crippen LogP contribution in [0.2, 0.25) is 0 Å². The van der Waals surface area contributed by atoms with Crippen molar-refractivity contribution < 1.29 is 24.2 Å². The molecular formula is C18H16N2O7. The van der Waals surface area contributed by atoms with Gasteiger partial charge < -0.3 is 9.53 Å². The molecule has 2 atom stereocenters. The molecule has 2 rings (SSSR count). The number of hydrogen-bond acceptors (Lipinski definition) is 7. The molecule has 0 spiro atoms. The van der Waals surface area contributed by atoms with E-state index in [2.05, 4.69) is 0 Å². The topological polar surface area (TPSA) is 130 Å². The second-order valence-electron chi connectivity index (χ2n) is 5.67. The summed E-state index contributed by atoms with van der Waals surface area (Å²) in [7, 11) is 1.16. The molecule has 0 bridgehead atoms. The van der Waals surface area contributed by atoms with E-state index in [-0.39, 0.29) is 23.4 Å². The van der Waals surface area contributed by atoms with Crippen molar-refractivity contribution in [3.8, 4) is 0 Å². The molecule has 2 aromatic rings. The number of carbonyl (C=O) groups excluding carboxylic acids is 2. The van der Waals surface area contributed by atoms with Crippen LogP contribution in [0, 0.1) is 20.2 Å². The van der Waals surface area contributed by atoms with E-state index < -0.39 is 27.7 Å². The van der Waals surface area contributed by atoms with Crippen LogP contribution in [-0.2, 0) is 14.3 Å². The van der Waals surface area contributed by atoms with Gasteiger partial charge in [0.1, 0.15) is 6.29 Å². The van der Waals surface area contributed by atoms with Gasteiger partial charge in [-0.15, -0.1) is 0 Å². The van der Waals surface area contributed by atoms with Crippen LogP contribution in [-0.4, -0.2) is 29.2 Å². The standard InChI is InChI=1S/C18H16N2O7/c1-27-18(22)17(12-6-8-13(9-7-12)19(23)24)15(10-11-21)14-4-2-3-5-16(14)20(25)26/h2-9,11,15,17H,10H2,1H3/t15-,17-/m1/s1. The van der Waals surface area contributed by atoms with Gasteiger partial charge in [-0.1, -0.05) is 30.3 Å². The van der Waals surface area contributed by atoms with Crippen LogP contribution < -0.4 is 0 Å². The van der Waals surface area contributed by atoms with Crippen LogP contribution in [0.15, 0.2) is 48.5 Å². The fraction of sp³-hybridized carbons (Fsp3) is 0.222. The van der Waals surface area contributed by atoms with Gasteiger partial charge in [0, 0.05) is 36.1 Å². The smallest absolute Gasteiger partial charge is 0.313 e. The average molecular weight is 372 g/mol. The largest absolute Gasteiger partial charge is 0.469 e. The zero-order valence-electron chi connectivity index (χ0n) is 14.3. The average Bonchev–Trinajstić information content (AvgIpc) is 2.67. The first-order chi connectivity index (χ1) is 12.9. The van der Waals surface area contributed by atoms with Crippen molar-refractivity contribution in [3.63, 3.8) is 0 Å². The van der Waals surface area contributed by atoms with Crippen molar-refractivity contribution in [3.05, 3.63) is 79.9 Å². The summed E-state index contributed by atoms with van der Waals surface area (Å²) in [6.07, 6.45) is 0.407. The molecule has 0 radical (unpaired) electrons. The highest BCUT2D eigenvalue weighted by atomic mass is 16.6. The number of carbonyl (C=O) groups is 2. The summed E-state index contributed by atoms with van der Waals surface area (Å²) in [4.78, 5) is 44.8. The molecule has 9 heteroatoms. The Bertz CT molecular complexity index is 864. The van der Waals surface area contributed by atoms with E-state index >= 15 is 0 Å². The minimum atomic E-state index is -1.04. The third-order valence-corrected chi connectivity index (χ3v) is 4.20. The van der Waals surface area contributed by atoms with E-state index in [0.29, 0.717) is 11.8 Å². The van der Waals surface area contributed by atoms with Crippen molar-refractivity contribution in [2.45, 2.75) is 18.3 Å². The number of nitro groups is 2. The fourth-order valence-corrected chi connectivity index (χ4v) is 2.98. The highest BCUT2D eigenvalue weighted by Crippen LogP contribution is 2.40. The number of benzene rings is 2. The lowest BCUT2D eigenvalue weighted by Crippen LogP contribution is -2.23. The molecule has 140 valence electrons. The number of para-hydroxylation sites is 1. The first kappa shape index (κ1) is 19.7. The number of nitrogens with zero attached hydrogens (tertiary/aromatic N) is 2. The lowest BCUT2D eigenvalue weighted by molar-refractivity contribution is -0.385. The Morgan fingerprint density at radius 2 is 1.70 bits per heavy atom. The minimum Gasteiger partial charge on any atom is -0.469 e. The van der Waals surface area contributed by atoms with Crippen LogP contribution >= 0.6 is 0 Å². The van der Waals surface area contributed by atoms with Crippen LogP contribution in [0.5, 0.6) is 0 Å². The summed E-state index contributed by atoms with van der Waals surface area (Å²) in [5.41, 5.74) is 0.181. The van der Waals surface area contributed by atoms with Crippen LogP contribution in [0.4, 0.5) is 11.4 Å². The Hall–Kier alpha value is -3.62. The number of non-ortho nitro benzene ring substituents is 1. The Balaban J connectivity index is 2.60. The third-order valence-electron chi connectivity index (χ3n) is 4.20. The molecule has 9 nitrogen and oxygen atoms in total. The molecule has 0 heterocycles. The summed E-state index contributed by atoms with van der Waals surface area (Å²) >= 11 is 0. The normalized spacial score (nSPS) is 12.6. The third kappa shape index (κ3) is 4.32. The minimum absolute atomic E-state index is 0.165. The maximum atomic E-state index is 12.5. The molecule has 0 aromatic heterocycles. The molecule has 0 saturated carbocycles. The first-order valence-corrected chi connectivity index (χ1v) is 7.89. The van der Waals surface area contributed by atoms with Gasteiger partial charge in [0.2, 0.25) is 0 Å². The van der Waals surface area contributed by atoms with E-state index in [1.807, 2.05) is 0 Å². The molecule has 0 fully saturated rings. The number of nitro benzene ring substituents is 2. The van der Waals surface area contributed by atoms with Gasteiger partial charge in [0.25, 0.3) is 11.4 Å². The highest BCUT2D eigenvalue weighted by Gasteiger charge is 2.35. The highest BCUT2D eigenvalue weighted by molar-refractivity contribution is 5.80. The molecular weight excluding hydrogens is 356 g/mol. The molecule has 0 N–H and O–H groups in total. The number of esters is 1. The molecule has 0 aliphatic rings. The second-order valence-corrected chi connectivity index (χ2v) is 5.67. The second kappa shape index (κ2) is 8.65. The Kier molecular flexibility index (Phi) is 6.32. The van der Waals surface area contributed by atoms with Gasteiger partial charge in [-0.05, 0) is 5.56 Å². The monoisotopic (exact) mass is 372 g/mol. The van der Waals surface area contributed by atoms with Gasteiger partial charge in [0.05, 0.1) is 22.9 Å². The molecule has 2 aromatic carbocycles. The maximum absolute atomic E-state index is 12.5. The summed E-state index contributed by atoms with van der Waals surface area (Å²) in [6.45, 7) is 0. The molecule has 0 amide bonds. The lowest BCUT2D eigenvalue weighted by atomic mass is 9.79. The van der Waals surface area contributed by atoms with Gasteiger partial charge >= 0.3 is 5.97 Å². The number of rotatable bonds is 8. The van der Waals surface area contributed by atoms with Crippen LogP contribution in [0.3, 0.4) is 0 Å². The van der Waals surface area contributed by atoms with Crippen molar-refractivity contribution in [1.82, 2.24) is 0 Å². The van der Waals surface area contributed by atoms with E-state index in [9.17, 15) is 29.8 Å². The zero-order chi connectivity index (χ0) is 20.0. The van der Waals surface area contributed by atoms with E-state index in [4.69, 9.17) is 4.74 Å². The molecule has 0 aliphatic carbocycles. The first-order valence-electron chi connectivity index (χ1n) is 7.89. The summed E-state index contributed by atoms with van der Waals surface area (Å²) in [5.74, 6) is -2.60. The SMILES string of the molecule is COC(=O)[C@H](c1ccc([N+](=O)[O-])cc1)[C@H](CC=O)c1ccccc1[N+](=O)[O-]. The predicted molar refractivity (Wildman–Crippen MR) is 94.4 cm³/mol. The van der Waals surface area contributed by atoms with E-state index in [1.165, 1.54) is 42.5 Å². The zero-order valence-corrected chi connectivity index (χ0v) is 14.3. The van der Waals surface area contributed by atoms with Crippen molar-refractivity contribution in [1.29, 1.82) is 0 Å². The van der Waals surface area contributed by atoms with Gasteiger partial charge in [-0.2, -0.15) is 0 Å². The van der Waals surface area contributed by atoms with Gasteiger partial charge in [-0.3, -0.25) is 25.0 Å². The van der Waals surface area contributed by atoms with Crippen LogP contribution in [0.25, 0.3) is 0 Å². The van der Waals surface area contributed by atoms with Crippen molar-refractivity contribution >= 4 is 23.6 Å². The van der Waals surface area contributed by atoms with E-state index in [0.717, 1.165) is 7.11 Å². The molecule has 0 saturated heterocycles. The van der Waals surface area contributed by atoms with Gasteiger partial charge in [0.15, 0.2) is 0 Å². The maximum Gasteiger partial charge on any atom is 0.313 e. The molecule has 0 aliphatic heterocycles. The van der Waals surface area contributed by atoms with Crippen molar-refractivity contribution in [2.24, 2.45) is 0 Å². The Morgan fingerprint density at radius 3 is 2.22 bits per heavy atom. The number of ether oxygens (including phenoxy) is 1. The molecule has 27 heavy (non-hydrogen) atoms. The lowest BCUT2D eigenvalue weighted by Gasteiger charge is -2.24. The quantitative estimate of drug-likeness (QED) is 0.301. The van der Waals surface area contributed by atoms with Gasteiger partial charge in [-0.25, -0.2) is 0 Å². The van der Waals surface area contributed by atoms with Crippen molar-refractivity contribution in [2.75, 3.05) is 7.11 Å². The van der Waals surface area contributed by atoms with Crippen LogP contribution in [0.1, 0.15) is 29.4 Å². The predicted octanol–water partition coefficient (Wildman–Crippen LogP) is 3.13. The Morgan fingerprint density at radius 1 is 1.07 bits per heavy atom. The van der Waals surface area contributed by atoms with E-state index in [1.54, 1.807) is 6.07 Å². The summed E-state index contributed by atoms with van der Waals surface area (Å²) in [6, 6.07) is 11.0. The molecule has 0 unspecified atom stereocenters. The number of hydrogen-bond donors (Lipinski definition) is 0. The number of aldehydes is 1. The Labute approximate surface area is 153 Å².